The molecule has 210 valence electrons. The molecule has 2 fully saturated rings. The van der Waals surface area contributed by atoms with E-state index in [0.29, 0.717) is 24.3 Å². The van der Waals surface area contributed by atoms with Crippen molar-refractivity contribution >= 4 is 42.0 Å². The molecule has 4 rings (SSSR count). The minimum atomic E-state index is -4.58. The Morgan fingerprint density at radius 1 is 1.10 bits per heavy atom. The van der Waals surface area contributed by atoms with Crippen LogP contribution in [0.1, 0.15) is 31.4 Å². The summed E-state index contributed by atoms with van der Waals surface area (Å²) in [6.45, 7) is 7.54. The number of anilines is 2. The molecule has 13 heteroatoms. The number of likely N-dealkylation sites (N-methyl/N-ethyl adjacent to an activating group) is 1. The monoisotopic (exact) mass is 564 g/mol. The molecular weight excluding hydrogens is 533 g/mol. The first-order valence-corrected chi connectivity index (χ1v) is 12.9. The van der Waals surface area contributed by atoms with Gasteiger partial charge in [0.15, 0.2) is 0 Å². The van der Waals surface area contributed by atoms with E-state index in [2.05, 4.69) is 39.8 Å². The van der Waals surface area contributed by atoms with Gasteiger partial charge in [-0.25, -0.2) is 14.7 Å². The van der Waals surface area contributed by atoms with Crippen LogP contribution in [0, 0.1) is 0 Å². The van der Waals surface area contributed by atoms with Gasteiger partial charge in [-0.3, -0.25) is 9.59 Å². The molecule has 0 unspecified atom stereocenters. The molecule has 1 aromatic carbocycles. The van der Waals surface area contributed by atoms with Gasteiger partial charge in [0.1, 0.15) is 11.4 Å². The van der Waals surface area contributed by atoms with Gasteiger partial charge in [0, 0.05) is 56.8 Å². The summed E-state index contributed by atoms with van der Waals surface area (Å²) in [4.78, 5) is 49.8. The lowest BCUT2D eigenvalue weighted by molar-refractivity contribution is -0.137. The van der Waals surface area contributed by atoms with Crippen LogP contribution >= 0.6 is 12.6 Å². The predicted molar refractivity (Wildman–Crippen MR) is 143 cm³/mol. The summed E-state index contributed by atoms with van der Waals surface area (Å²) < 4.78 is 39.3. The van der Waals surface area contributed by atoms with E-state index in [1.165, 1.54) is 11.1 Å². The van der Waals surface area contributed by atoms with Crippen molar-refractivity contribution in [2.24, 2.45) is 0 Å². The largest absolute Gasteiger partial charge is 0.416 e. The van der Waals surface area contributed by atoms with E-state index in [9.17, 15) is 27.6 Å². The molecule has 0 radical (unpaired) electrons. The summed E-state index contributed by atoms with van der Waals surface area (Å²) in [6, 6.07) is 5.28. The molecule has 4 amide bonds. The highest BCUT2D eigenvalue weighted by atomic mass is 32.1. The van der Waals surface area contributed by atoms with Gasteiger partial charge >= 0.3 is 12.2 Å². The maximum atomic E-state index is 13.4. The van der Waals surface area contributed by atoms with Crippen LogP contribution in [0.3, 0.4) is 0 Å². The van der Waals surface area contributed by atoms with Crippen LogP contribution in [-0.2, 0) is 22.3 Å². The lowest BCUT2D eigenvalue weighted by atomic mass is 10.0. The number of pyridine rings is 1. The molecule has 2 saturated heterocycles. The summed E-state index contributed by atoms with van der Waals surface area (Å²) in [6.07, 6.45) is -2.77. The maximum Gasteiger partial charge on any atom is 0.416 e. The van der Waals surface area contributed by atoms with Gasteiger partial charge in [-0.15, -0.1) is 12.6 Å². The van der Waals surface area contributed by atoms with Gasteiger partial charge in [-0.05, 0) is 56.8 Å². The van der Waals surface area contributed by atoms with Crippen LogP contribution in [0.15, 0.2) is 41.4 Å². The zero-order chi connectivity index (χ0) is 28.5. The topological polar surface area (TPSA) is 89.1 Å². The van der Waals surface area contributed by atoms with E-state index in [1.54, 1.807) is 26.0 Å². The van der Waals surface area contributed by atoms with Gasteiger partial charge in [-0.2, -0.15) is 13.2 Å². The number of aromatic nitrogens is 1. The van der Waals surface area contributed by atoms with Crippen LogP contribution in [0.4, 0.5) is 29.5 Å². The highest BCUT2D eigenvalue weighted by Gasteiger charge is 2.52. The first-order chi connectivity index (χ1) is 18.3. The second-order valence-electron chi connectivity index (χ2n) is 10.3. The predicted octanol–water partition coefficient (Wildman–Crippen LogP) is 3.71. The zero-order valence-electron chi connectivity index (χ0n) is 22.0. The number of imide groups is 1. The highest BCUT2D eigenvalue weighted by Crippen LogP contribution is 2.39. The average molecular weight is 565 g/mol. The van der Waals surface area contributed by atoms with E-state index < -0.39 is 29.2 Å². The fraction of sp³-hybridized carbons (Fsp3) is 0.462. The van der Waals surface area contributed by atoms with Crippen molar-refractivity contribution in [3.8, 4) is 0 Å². The molecule has 39 heavy (non-hydrogen) atoms. The smallest absolute Gasteiger partial charge is 0.311 e. The molecule has 0 saturated carbocycles. The van der Waals surface area contributed by atoms with Crippen molar-refractivity contribution in [1.29, 1.82) is 0 Å². The number of hydrogen-bond donors (Lipinski definition) is 2. The Morgan fingerprint density at radius 3 is 2.44 bits per heavy atom. The van der Waals surface area contributed by atoms with Crippen molar-refractivity contribution in [3.63, 3.8) is 0 Å². The van der Waals surface area contributed by atoms with Gasteiger partial charge < -0.3 is 20.0 Å². The number of amides is 4. The molecule has 2 aliphatic heterocycles. The van der Waals surface area contributed by atoms with E-state index in [-0.39, 0.29) is 23.0 Å². The second kappa shape index (κ2) is 11.1. The Hall–Kier alpha value is -3.16. The van der Waals surface area contributed by atoms with E-state index in [0.717, 1.165) is 49.3 Å². The number of benzene rings is 1. The molecule has 1 aromatic heterocycles. The van der Waals surface area contributed by atoms with Crippen LogP contribution in [0.25, 0.3) is 0 Å². The number of rotatable bonds is 7. The third kappa shape index (κ3) is 6.36. The number of carbonyl (C=O) groups is 3. The molecule has 3 heterocycles. The molecule has 0 aliphatic carbocycles. The van der Waals surface area contributed by atoms with Gasteiger partial charge in [0.05, 0.1) is 11.3 Å². The fourth-order valence-electron chi connectivity index (χ4n) is 4.56. The summed E-state index contributed by atoms with van der Waals surface area (Å²) in [7, 11) is 2.07. The summed E-state index contributed by atoms with van der Waals surface area (Å²) >= 11 is 4.12. The van der Waals surface area contributed by atoms with Gasteiger partial charge in [-0.1, -0.05) is 0 Å². The molecule has 9 nitrogen and oxygen atoms in total. The molecule has 2 aromatic rings. The van der Waals surface area contributed by atoms with E-state index >= 15 is 0 Å². The fourth-order valence-corrected chi connectivity index (χ4v) is 4.88. The van der Waals surface area contributed by atoms with E-state index in [1.807, 2.05) is 0 Å². The molecule has 0 atom stereocenters. The Balaban J connectivity index is 1.44. The van der Waals surface area contributed by atoms with Gasteiger partial charge in [0.2, 0.25) is 5.91 Å². The first-order valence-electron chi connectivity index (χ1n) is 12.5. The third-order valence-corrected chi connectivity index (χ3v) is 7.41. The Labute approximate surface area is 230 Å². The van der Waals surface area contributed by atoms with Crippen LogP contribution < -0.4 is 10.2 Å². The van der Waals surface area contributed by atoms with Crippen molar-refractivity contribution in [2.45, 2.75) is 43.4 Å². The van der Waals surface area contributed by atoms with Crippen molar-refractivity contribution in [3.05, 3.63) is 47.7 Å². The minimum Gasteiger partial charge on any atom is -0.311 e. The van der Waals surface area contributed by atoms with Crippen LogP contribution in [0.2, 0.25) is 0 Å². The highest BCUT2D eigenvalue weighted by molar-refractivity contribution is 7.80. The number of nitrogens with one attached hydrogen (secondary N) is 1. The Kier molecular flexibility index (Phi) is 8.24. The van der Waals surface area contributed by atoms with Crippen LogP contribution in [0.5, 0.6) is 0 Å². The summed E-state index contributed by atoms with van der Waals surface area (Å²) in [5.74, 6) is -0.445. The number of nitrogens with zero attached hydrogens (tertiary/aromatic N) is 5. The minimum absolute atomic E-state index is 0.0172. The maximum absolute atomic E-state index is 13.4. The third-order valence-electron chi connectivity index (χ3n) is 7.05. The number of hydrogen-bond acceptors (Lipinski definition) is 7. The lowest BCUT2D eigenvalue weighted by Gasteiger charge is -2.32. The van der Waals surface area contributed by atoms with Crippen molar-refractivity contribution < 1.29 is 27.6 Å². The number of alkyl halides is 3. The Bertz CT molecular complexity index is 1260. The quantitative estimate of drug-likeness (QED) is 0.394. The molecule has 0 spiro atoms. The summed E-state index contributed by atoms with van der Waals surface area (Å²) in [5, 5.41) is 2.79. The number of urea groups is 1. The van der Waals surface area contributed by atoms with Gasteiger partial charge in [0.25, 0.3) is 5.91 Å². The Morgan fingerprint density at radius 2 is 1.79 bits per heavy atom. The summed E-state index contributed by atoms with van der Waals surface area (Å²) in [5.41, 5.74) is -1.62. The van der Waals surface area contributed by atoms with Crippen molar-refractivity contribution in [2.75, 3.05) is 50.0 Å². The molecular formula is C26H31F3N6O3S. The normalized spacial score (nSPS) is 18.6. The van der Waals surface area contributed by atoms with E-state index in [4.69, 9.17) is 0 Å². The standard InChI is InChI=1S/C26H31F3N6O3S/c1-25(2)23(37)35(19-5-4-18(15-20(19)39)26(27,28)29)24(38)34(25)16-17-6-8-30-21(14-17)31-22(36)7-9-33-12-10-32(3)11-13-33/h4-6,8,14-15,39H,7,9-13,16H2,1-3H3,(H,30,31,36). The van der Waals surface area contributed by atoms with Crippen LogP contribution in [-0.4, -0.2) is 82.8 Å². The number of carbonyl (C=O) groups excluding carboxylic acids is 3. The molecule has 0 bridgehead atoms. The van der Waals surface area contributed by atoms with Crippen molar-refractivity contribution in [1.82, 2.24) is 19.7 Å². The lowest BCUT2D eigenvalue weighted by Crippen LogP contribution is -2.45. The number of halogens is 3. The SMILES string of the molecule is CN1CCN(CCC(=O)Nc2cc(CN3C(=O)N(c4ccc(C(F)(F)F)cc4S)C(=O)C3(C)C)ccn2)CC1. The average Bonchev–Trinajstić information content (AvgIpc) is 3.02. The number of piperazine rings is 1. The number of thiol groups is 1. The first kappa shape index (κ1) is 28.8. The second-order valence-corrected chi connectivity index (χ2v) is 10.7. The molecule has 2 aliphatic rings. The zero-order valence-corrected chi connectivity index (χ0v) is 22.9. The molecule has 1 N–H and O–H groups in total.